The third-order valence-corrected chi connectivity index (χ3v) is 8.23. The summed E-state index contributed by atoms with van der Waals surface area (Å²) in [5.41, 5.74) is 1.55. The molecule has 0 fully saturated rings. The van der Waals surface area contributed by atoms with Crippen LogP contribution in [0.15, 0.2) is 87.8 Å². The van der Waals surface area contributed by atoms with Gasteiger partial charge in [-0.1, -0.05) is 53.3 Å². The number of non-ortho nitro benzene ring substituents is 1. The summed E-state index contributed by atoms with van der Waals surface area (Å²) in [4.78, 5) is 54.8. The van der Waals surface area contributed by atoms with Crippen LogP contribution in [-0.4, -0.2) is 41.7 Å². The van der Waals surface area contributed by atoms with Gasteiger partial charge in [0.1, 0.15) is 6.04 Å². The Kier molecular flexibility index (Phi) is 9.64. The number of benzene rings is 3. The molecular weight excluding hydrogens is 636 g/mol. The highest BCUT2D eigenvalue weighted by atomic mass is 35.5. The van der Waals surface area contributed by atoms with Crippen LogP contribution in [-0.2, 0) is 14.3 Å². The molecule has 1 aromatic heterocycles. The Hall–Kier alpha value is -5.27. The number of nitrogens with one attached hydrogen (secondary N) is 1. The molecule has 12 nitrogen and oxygen atoms in total. The van der Waals surface area contributed by atoms with E-state index in [4.69, 9.17) is 25.8 Å². The third kappa shape index (κ3) is 6.70. The van der Waals surface area contributed by atoms with Crippen LogP contribution in [0.4, 0.5) is 11.4 Å². The minimum absolute atomic E-state index is 0.152. The number of anilines is 1. The van der Waals surface area contributed by atoms with Crippen molar-refractivity contribution in [3.63, 3.8) is 0 Å². The van der Waals surface area contributed by atoms with Crippen LogP contribution in [0.25, 0.3) is 6.08 Å². The zero-order valence-corrected chi connectivity index (χ0v) is 26.4. The monoisotopic (exact) mass is 662 g/mol. The second-order valence-electron chi connectivity index (χ2n) is 9.88. The molecule has 1 N–H and O–H groups in total. The first-order valence-corrected chi connectivity index (χ1v) is 15.1. The van der Waals surface area contributed by atoms with E-state index < -0.39 is 22.8 Å². The van der Waals surface area contributed by atoms with Gasteiger partial charge in [0.15, 0.2) is 22.9 Å². The Bertz CT molecular complexity index is 2070. The largest absolute Gasteiger partial charge is 0.493 e. The first-order valence-electron chi connectivity index (χ1n) is 13.9. The fraction of sp³-hybridized carbons (Fsp3) is 0.188. The molecule has 236 valence electrons. The van der Waals surface area contributed by atoms with E-state index >= 15 is 0 Å². The molecule has 3 aromatic carbocycles. The van der Waals surface area contributed by atoms with Gasteiger partial charge < -0.3 is 19.5 Å². The number of aromatic nitrogens is 1. The first-order chi connectivity index (χ1) is 22.1. The standard InChI is InChI=1S/C32H27ClN4O8S/c1-4-44-31(40)28-18(2)34-32-36(29(28)22-10-5-6-11-23(22)33)30(39)26(46-32)15-19-12-13-24(25(14-19)43-3)45-17-27(38)35-20-8-7-9-21(16-20)37(41)42/h5-16,29H,4,17H2,1-3H3,(H,35,38)/b26-15+/t29-/m0/s1. The van der Waals surface area contributed by atoms with Gasteiger partial charge in [-0.2, -0.15) is 0 Å². The summed E-state index contributed by atoms with van der Waals surface area (Å²) >= 11 is 7.72. The normalized spacial score (nSPS) is 14.3. The molecule has 0 saturated carbocycles. The third-order valence-electron chi connectivity index (χ3n) is 6.90. The number of fused-ring (bicyclic) bond motifs is 1. The summed E-state index contributed by atoms with van der Waals surface area (Å²) in [6.07, 6.45) is 1.66. The second kappa shape index (κ2) is 13.8. The molecule has 0 saturated heterocycles. The van der Waals surface area contributed by atoms with Crippen molar-refractivity contribution in [2.75, 3.05) is 25.6 Å². The number of esters is 1. The quantitative estimate of drug-likeness (QED) is 0.149. The summed E-state index contributed by atoms with van der Waals surface area (Å²) in [5.74, 6) is -0.539. The van der Waals surface area contributed by atoms with E-state index in [2.05, 4.69) is 10.3 Å². The van der Waals surface area contributed by atoms with E-state index in [1.54, 1.807) is 62.4 Å². The molecule has 5 rings (SSSR count). The van der Waals surface area contributed by atoms with Crippen LogP contribution in [0.2, 0.25) is 5.02 Å². The zero-order valence-electron chi connectivity index (χ0n) is 24.8. The van der Waals surface area contributed by atoms with Crippen LogP contribution in [0.3, 0.4) is 0 Å². The van der Waals surface area contributed by atoms with Crippen LogP contribution in [0.1, 0.15) is 31.0 Å². The van der Waals surface area contributed by atoms with Crippen molar-refractivity contribution >= 4 is 52.3 Å². The fourth-order valence-electron chi connectivity index (χ4n) is 4.86. The maximum atomic E-state index is 13.9. The molecular formula is C32H27ClN4O8S. The van der Waals surface area contributed by atoms with Crippen molar-refractivity contribution < 1.29 is 28.7 Å². The summed E-state index contributed by atoms with van der Waals surface area (Å²) in [6.45, 7) is 3.16. The first kappa shape index (κ1) is 32.1. The number of halogens is 1. The van der Waals surface area contributed by atoms with Gasteiger partial charge in [-0.05, 0) is 55.3 Å². The number of methoxy groups -OCH3 is 1. The van der Waals surface area contributed by atoms with Crippen molar-refractivity contribution in [2.45, 2.75) is 19.9 Å². The molecule has 46 heavy (non-hydrogen) atoms. The molecule has 1 aliphatic heterocycles. The average Bonchev–Trinajstić information content (AvgIpc) is 3.33. The molecule has 2 heterocycles. The van der Waals surface area contributed by atoms with E-state index in [1.165, 1.54) is 35.9 Å². The van der Waals surface area contributed by atoms with E-state index in [-0.39, 0.29) is 41.5 Å². The molecule has 0 aliphatic carbocycles. The summed E-state index contributed by atoms with van der Waals surface area (Å²) in [7, 11) is 1.44. The average molecular weight is 663 g/mol. The van der Waals surface area contributed by atoms with Crippen molar-refractivity contribution in [3.05, 3.63) is 124 Å². The Morgan fingerprint density at radius 1 is 1.13 bits per heavy atom. The van der Waals surface area contributed by atoms with Gasteiger partial charge >= 0.3 is 5.97 Å². The topological polar surface area (TPSA) is 151 Å². The van der Waals surface area contributed by atoms with Gasteiger partial charge in [0.2, 0.25) is 0 Å². The number of carbonyl (C=O) groups is 2. The van der Waals surface area contributed by atoms with Crippen LogP contribution >= 0.6 is 22.9 Å². The number of allylic oxidation sites excluding steroid dienone is 1. The van der Waals surface area contributed by atoms with E-state index in [0.717, 1.165) is 11.3 Å². The number of carbonyl (C=O) groups excluding carboxylic acids is 2. The predicted molar refractivity (Wildman–Crippen MR) is 172 cm³/mol. The lowest BCUT2D eigenvalue weighted by molar-refractivity contribution is -0.384. The summed E-state index contributed by atoms with van der Waals surface area (Å²) in [6, 6.07) is 16.6. The van der Waals surface area contributed by atoms with Gasteiger partial charge in [-0.25, -0.2) is 9.79 Å². The molecule has 14 heteroatoms. The van der Waals surface area contributed by atoms with E-state index in [0.29, 0.717) is 36.9 Å². The molecule has 4 aromatic rings. The van der Waals surface area contributed by atoms with Gasteiger partial charge in [0.25, 0.3) is 17.2 Å². The number of nitrogens with zero attached hydrogens (tertiary/aromatic N) is 3. The van der Waals surface area contributed by atoms with Crippen LogP contribution in [0.5, 0.6) is 11.5 Å². The Labute approximate surface area is 271 Å². The van der Waals surface area contributed by atoms with Crippen molar-refractivity contribution in [1.82, 2.24) is 4.57 Å². The number of hydrogen-bond acceptors (Lipinski definition) is 10. The Balaban J connectivity index is 1.44. The highest BCUT2D eigenvalue weighted by Gasteiger charge is 2.34. The summed E-state index contributed by atoms with van der Waals surface area (Å²) < 4.78 is 18.2. The van der Waals surface area contributed by atoms with E-state index in [1.807, 2.05) is 0 Å². The molecule has 1 aliphatic rings. The lowest BCUT2D eigenvalue weighted by Gasteiger charge is -2.25. The zero-order chi connectivity index (χ0) is 33.0. The predicted octanol–water partition coefficient (Wildman–Crippen LogP) is 4.39. The van der Waals surface area contributed by atoms with E-state index in [9.17, 15) is 24.5 Å². The van der Waals surface area contributed by atoms with Gasteiger partial charge in [-0.3, -0.25) is 24.3 Å². The van der Waals surface area contributed by atoms with Crippen LogP contribution < -0.4 is 29.7 Å². The smallest absolute Gasteiger partial charge is 0.338 e. The second-order valence-corrected chi connectivity index (χ2v) is 11.3. The van der Waals surface area contributed by atoms with Crippen LogP contribution in [0, 0.1) is 10.1 Å². The molecule has 0 bridgehead atoms. The van der Waals surface area contributed by atoms with Crippen molar-refractivity contribution in [2.24, 2.45) is 4.99 Å². The van der Waals surface area contributed by atoms with Gasteiger partial charge in [0.05, 0.1) is 34.4 Å². The molecule has 0 unspecified atom stereocenters. The van der Waals surface area contributed by atoms with Gasteiger partial charge in [0, 0.05) is 22.8 Å². The fourth-order valence-corrected chi connectivity index (χ4v) is 6.15. The Morgan fingerprint density at radius 3 is 2.63 bits per heavy atom. The minimum Gasteiger partial charge on any atom is -0.493 e. The lowest BCUT2D eigenvalue weighted by Crippen LogP contribution is -2.40. The maximum absolute atomic E-state index is 13.9. The molecule has 1 amide bonds. The molecule has 0 radical (unpaired) electrons. The highest BCUT2D eigenvalue weighted by Crippen LogP contribution is 2.34. The number of nitro benzene ring substituents is 1. The number of nitro groups is 1. The number of ether oxygens (including phenoxy) is 3. The maximum Gasteiger partial charge on any atom is 0.338 e. The Morgan fingerprint density at radius 2 is 1.91 bits per heavy atom. The number of thiazole rings is 1. The number of amides is 1. The highest BCUT2D eigenvalue weighted by molar-refractivity contribution is 7.07. The lowest BCUT2D eigenvalue weighted by atomic mass is 9.96. The van der Waals surface area contributed by atoms with Gasteiger partial charge in [-0.15, -0.1) is 0 Å². The molecule has 0 spiro atoms. The minimum atomic E-state index is -0.843. The SMILES string of the molecule is CCOC(=O)C1=C(C)N=c2s/c(=C/c3ccc(OCC(=O)Nc4cccc([N+](=O)[O-])c4)c(OC)c3)c(=O)n2[C@H]1c1ccccc1Cl. The van der Waals surface area contributed by atoms with Crippen molar-refractivity contribution in [1.29, 1.82) is 0 Å². The number of hydrogen-bond donors (Lipinski definition) is 1. The van der Waals surface area contributed by atoms with Crippen molar-refractivity contribution in [3.8, 4) is 11.5 Å². The number of rotatable bonds is 10. The summed E-state index contributed by atoms with van der Waals surface area (Å²) in [5, 5.41) is 13.9. The molecule has 1 atom stereocenters.